The largest absolute Gasteiger partial charge is 0.488 e. The van der Waals surface area contributed by atoms with E-state index in [1.165, 1.54) is 17.3 Å². The van der Waals surface area contributed by atoms with Gasteiger partial charge in [-0.1, -0.05) is 78.5 Å². The molecule has 0 unspecified atom stereocenters. The Hall–Kier alpha value is -3.05. The minimum atomic E-state index is 0.430. The van der Waals surface area contributed by atoms with Gasteiger partial charge in [0.05, 0.1) is 6.21 Å². The molecule has 0 saturated heterocycles. The van der Waals surface area contributed by atoms with Gasteiger partial charge >= 0.3 is 0 Å². The van der Waals surface area contributed by atoms with Crippen LogP contribution in [-0.2, 0) is 12.4 Å². The van der Waals surface area contributed by atoms with Crippen LogP contribution in [0.2, 0.25) is 0 Å². The van der Waals surface area contributed by atoms with Gasteiger partial charge in [-0.05, 0) is 35.7 Å². The molecule has 0 spiro atoms. The Labute approximate surface area is 170 Å². The second kappa shape index (κ2) is 10.3. The third-order valence-electron chi connectivity index (χ3n) is 3.99. The van der Waals surface area contributed by atoms with E-state index in [2.05, 4.69) is 22.3 Å². The molecule has 142 valence electrons. The number of aryl methyl sites for hydroxylation is 1. The minimum Gasteiger partial charge on any atom is -0.488 e. The molecule has 0 aliphatic rings. The Morgan fingerprint density at radius 3 is 2.36 bits per heavy atom. The lowest BCUT2D eigenvalue weighted by molar-refractivity contribution is 0.305. The zero-order chi connectivity index (χ0) is 19.6. The molecule has 0 fully saturated rings. The number of benzene rings is 3. The van der Waals surface area contributed by atoms with Gasteiger partial charge in [0.15, 0.2) is 5.17 Å². The Morgan fingerprint density at radius 1 is 0.964 bits per heavy atom. The second-order valence-corrected chi connectivity index (χ2v) is 7.27. The Bertz CT molecular complexity index is 941. The van der Waals surface area contributed by atoms with Crippen LogP contribution in [0.1, 0.15) is 22.3 Å². The highest BCUT2D eigenvalue weighted by molar-refractivity contribution is 8.13. The third-order valence-corrected chi connectivity index (χ3v) is 4.84. The van der Waals surface area contributed by atoms with E-state index in [0.717, 1.165) is 28.2 Å². The van der Waals surface area contributed by atoms with Gasteiger partial charge in [0.2, 0.25) is 0 Å². The number of hydrogen-bond donors (Lipinski definition) is 1. The summed E-state index contributed by atoms with van der Waals surface area (Å²) >= 11 is 1.46. The summed E-state index contributed by atoms with van der Waals surface area (Å²) in [5, 5.41) is 8.65. The van der Waals surface area contributed by atoms with Gasteiger partial charge in [0, 0.05) is 11.3 Å². The van der Waals surface area contributed by atoms with Gasteiger partial charge in [-0.25, -0.2) is 0 Å². The van der Waals surface area contributed by atoms with Crippen molar-refractivity contribution in [2.75, 3.05) is 0 Å². The lowest BCUT2D eigenvalue weighted by Crippen LogP contribution is -2.06. The molecule has 0 heterocycles. The summed E-state index contributed by atoms with van der Waals surface area (Å²) < 4.78 is 5.99. The van der Waals surface area contributed by atoms with Crippen LogP contribution in [0.4, 0.5) is 0 Å². The Morgan fingerprint density at radius 2 is 1.64 bits per heavy atom. The highest BCUT2D eigenvalue weighted by Crippen LogP contribution is 2.20. The van der Waals surface area contributed by atoms with Crippen LogP contribution in [0.25, 0.3) is 0 Å². The molecule has 3 aromatic carbocycles. The van der Waals surface area contributed by atoms with Gasteiger partial charge < -0.3 is 10.5 Å². The predicted molar refractivity (Wildman–Crippen MR) is 119 cm³/mol. The molecule has 0 radical (unpaired) electrons. The first-order valence-corrected chi connectivity index (χ1v) is 10.00. The van der Waals surface area contributed by atoms with Crippen molar-refractivity contribution in [1.29, 1.82) is 0 Å². The van der Waals surface area contributed by atoms with Crippen LogP contribution in [0, 0.1) is 6.92 Å². The van der Waals surface area contributed by atoms with E-state index in [1.807, 2.05) is 73.7 Å². The van der Waals surface area contributed by atoms with Gasteiger partial charge in [0.1, 0.15) is 12.4 Å². The van der Waals surface area contributed by atoms with Crippen LogP contribution in [-0.4, -0.2) is 11.4 Å². The summed E-state index contributed by atoms with van der Waals surface area (Å²) in [5.74, 6) is 1.54. The molecule has 5 heteroatoms. The fraction of sp³-hybridized carbons (Fsp3) is 0.130. The number of ether oxygens (including phenoxy) is 1. The first-order valence-electron chi connectivity index (χ1n) is 9.01. The van der Waals surface area contributed by atoms with Gasteiger partial charge in [-0.3, -0.25) is 0 Å². The number of hydrogen-bond acceptors (Lipinski definition) is 4. The molecule has 0 saturated carbocycles. The van der Waals surface area contributed by atoms with Gasteiger partial charge in [-0.15, -0.1) is 5.10 Å². The van der Waals surface area contributed by atoms with Crippen LogP contribution < -0.4 is 10.5 Å². The van der Waals surface area contributed by atoms with Crippen molar-refractivity contribution in [1.82, 2.24) is 0 Å². The van der Waals surface area contributed by atoms with E-state index in [4.69, 9.17) is 10.5 Å². The normalized spacial score (nSPS) is 11.7. The maximum Gasteiger partial charge on any atom is 0.180 e. The molecule has 3 aromatic rings. The van der Waals surface area contributed by atoms with E-state index >= 15 is 0 Å². The molecule has 0 aliphatic carbocycles. The predicted octanol–water partition coefficient (Wildman–Crippen LogP) is 5.16. The quantitative estimate of drug-likeness (QED) is 0.345. The zero-order valence-electron chi connectivity index (χ0n) is 15.8. The number of nitrogens with zero attached hydrogens (tertiary/aromatic N) is 2. The summed E-state index contributed by atoms with van der Waals surface area (Å²) in [6.45, 7) is 2.54. The summed E-state index contributed by atoms with van der Waals surface area (Å²) in [6, 6.07) is 26.2. The molecule has 0 atom stereocenters. The highest BCUT2D eigenvalue weighted by Gasteiger charge is 2.03. The lowest BCUT2D eigenvalue weighted by Gasteiger charge is -2.10. The SMILES string of the molecule is Cc1ccc(C=NN=C(N)SCc2ccccc2)c(OCc2ccccc2)c1. The topological polar surface area (TPSA) is 60.0 Å². The van der Waals surface area contributed by atoms with E-state index < -0.39 is 0 Å². The summed E-state index contributed by atoms with van der Waals surface area (Å²) in [5.41, 5.74) is 10.3. The lowest BCUT2D eigenvalue weighted by atomic mass is 10.1. The number of nitrogens with two attached hydrogens (primary N) is 1. The van der Waals surface area contributed by atoms with E-state index in [9.17, 15) is 0 Å². The fourth-order valence-corrected chi connectivity index (χ4v) is 3.13. The monoisotopic (exact) mass is 389 g/mol. The van der Waals surface area contributed by atoms with Gasteiger partial charge in [-0.2, -0.15) is 5.10 Å². The maximum absolute atomic E-state index is 5.99. The van der Waals surface area contributed by atoms with Crippen molar-refractivity contribution in [3.05, 3.63) is 101 Å². The molecular weight excluding hydrogens is 366 g/mol. The molecule has 4 nitrogen and oxygen atoms in total. The summed E-state index contributed by atoms with van der Waals surface area (Å²) in [4.78, 5) is 0. The Balaban J connectivity index is 1.62. The standard InChI is InChI=1S/C23H23N3OS/c1-18-12-13-21(22(14-18)27-16-19-8-4-2-5-9-19)15-25-26-23(24)28-17-20-10-6-3-7-11-20/h2-15H,16-17H2,1H3,(H2,24,26). The molecule has 28 heavy (non-hydrogen) atoms. The molecule has 0 aliphatic heterocycles. The number of rotatable bonds is 7. The Kier molecular flexibility index (Phi) is 7.27. The third kappa shape index (κ3) is 6.28. The molecule has 0 amide bonds. The van der Waals surface area contributed by atoms with Crippen LogP contribution in [0.5, 0.6) is 5.75 Å². The fourth-order valence-electron chi connectivity index (χ4n) is 2.52. The number of thioether (sulfide) groups is 1. The first kappa shape index (κ1) is 19.7. The van der Waals surface area contributed by atoms with Gasteiger partial charge in [0.25, 0.3) is 0 Å². The minimum absolute atomic E-state index is 0.430. The first-order chi connectivity index (χ1) is 13.7. The van der Waals surface area contributed by atoms with Crippen LogP contribution in [0.3, 0.4) is 0 Å². The van der Waals surface area contributed by atoms with Crippen molar-refractivity contribution < 1.29 is 4.74 Å². The molecule has 3 rings (SSSR count). The van der Waals surface area contributed by atoms with Crippen molar-refractivity contribution in [2.45, 2.75) is 19.3 Å². The van der Waals surface area contributed by atoms with Crippen LogP contribution >= 0.6 is 11.8 Å². The van der Waals surface area contributed by atoms with Crippen molar-refractivity contribution >= 4 is 23.1 Å². The smallest absolute Gasteiger partial charge is 0.180 e. The second-order valence-electron chi connectivity index (χ2n) is 6.27. The molecule has 0 bridgehead atoms. The molecular formula is C23H23N3OS. The van der Waals surface area contributed by atoms with E-state index in [0.29, 0.717) is 11.8 Å². The van der Waals surface area contributed by atoms with Crippen LogP contribution in [0.15, 0.2) is 89.1 Å². The van der Waals surface area contributed by atoms with E-state index in [1.54, 1.807) is 6.21 Å². The highest BCUT2D eigenvalue weighted by atomic mass is 32.2. The van der Waals surface area contributed by atoms with Crippen molar-refractivity contribution in [3.63, 3.8) is 0 Å². The van der Waals surface area contributed by atoms with Crippen molar-refractivity contribution in [2.24, 2.45) is 15.9 Å². The molecule has 0 aromatic heterocycles. The van der Waals surface area contributed by atoms with Crippen molar-refractivity contribution in [3.8, 4) is 5.75 Å². The summed E-state index contributed by atoms with van der Waals surface area (Å²) in [7, 11) is 0. The maximum atomic E-state index is 5.99. The molecule has 2 N–H and O–H groups in total. The summed E-state index contributed by atoms with van der Waals surface area (Å²) in [6.07, 6.45) is 1.68. The zero-order valence-corrected chi connectivity index (χ0v) is 16.6. The average Bonchev–Trinajstić information content (AvgIpc) is 2.73. The van der Waals surface area contributed by atoms with E-state index in [-0.39, 0.29) is 0 Å². The number of amidine groups is 1. The average molecular weight is 390 g/mol.